The molecule has 1 amide bonds. The molecule has 0 aliphatic carbocycles. The molecule has 0 saturated carbocycles. The second-order valence-corrected chi connectivity index (χ2v) is 6.73. The molecule has 2 aromatic heterocycles. The van der Waals surface area contributed by atoms with Crippen LogP contribution in [0.4, 0.5) is 0 Å². The van der Waals surface area contributed by atoms with Crippen LogP contribution in [0, 0.1) is 0 Å². The van der Waals surface area contributed by atoms with Crippen molar-refractivity contribution in [2.24, 2.45) is 0 Å². The molecule has 0 bridgehead atoms. The van der Waals surface area contributed by atoms with Crippen LogP contribution in [-0.2, 0) is 4.74 Å². The van der Waals surface area contributed by atoms with Crippen molar-refractivity contribution in [1.82, 2.24) is 19.0 Å². The lowest BCUT2D eigenvalue weighted by atomic mass is 10.1. The summed E-state index contributed by atoms with van der Waals surface area (Å²) >= 11 is 0. The number of morpholine rings is 1. The number of hydrogen-bond donors (Lipinski definition) is 0. The number of carbonyl (C=O) groups excluding carboxylic acids is 1. The van der Waals surface area contributed by atoms with Crippen LogP contribution in [0.5, 0.6) is 0 Å². The first-order chi connectivity index (χ1) is 12.6. The normalized spacial score (nSPS) is 20.3. The van der Waals surface area contributed by atoms with Gasteiger partial charge in [0.1, 0.15) is 0 Å². The van der Waals surface area contributed by atoms with Gasteiger partial charge in [-0.3, -0.25) is 4.79 Å². The van der Waals surface area contributed by atoms with Crippen molar-refractivity contribution >= 4 is 5.91 Å². The molecule has 1 aromatic carbocycles. The maximum absolute atomic E-state index is 13.1. The Morgan fingerprint density at radius 1 is 1.04 bits per heavy atom. The predicted octanol–water partition coefficient (Wildman–Crippen LogP) is 2.91. The van der Waals surface area contributed by atoms with Gasteiger partial charge in [0.15, 0.2) is 0 Å². The standard InChI is InChI=1S/C20H22N4O2/c1-15-12-24(13-16(2)26-15)20(25)17-5-6-18(23-10-7-21-14-23)19(11-17)22-8-3-4-9-22/h3-11,14-16H,12-13H2,1-2H3/t15-,16-/m1/s1. The number of nitrogens with zero attached hydrogens (tertiary/aromatic N) is 4. The van der Waals surface area contributed by atoms with Gasteiger partial charge in [0, 0.05) is 43.4 Å². The van der Waals surface area contributed by atoms with Gasteiger partial charge in [-0.05, 0) is 44.2 Å². The van der Waals surface area contributed by atoms with E-state index in [9.17, 15) is 4.79 Å². The molecule has 26 heavy (non-hydrogen) atoms. The molecular formula is C20H22N4O2. The van der Waals surface area contributed by atoms with Crippen molar-refractivity contribution in [2.45, 2.75) is 26.1 Å². The van der Waals surface area contributed by atoms with Crippen molar-refractivity contribution in [1.29, 1.82) is 0 Å². The van der Waals surface area contributed by atoms with E-state index in [4.69, 9.17) is 4.74 Å². The maximum Gasteiger partial charge on any atom is 0.254 e. The molecule has 1 fully saturated rings. The van der Waals surface area contributed by atoms with E-state index >= 15 is 0 Å². The van der Waals surface area contributed by atoms with Gasteiger partial charge < -0.3 is 18.8 Å². The molecule has 1 aliphatic rings. The van der Waals surface area contributed by atoms with E-state index in [2.05, 4.69) is 4.98 Å². The minimum Gasteiger partial charge on any atom is -0.372 e. The van der Waals surface area contributed by atoms with Crippen LogP contribution >= 0.6 is 0 Å². The average Bonchev–Trinajstić information content (AvgIpc) is 3.33. The SMILES string of the molecule is C[C@@H]1CN(C(=O)c2ccc(-n3ccnc3)c(-n3cccc3)c2)C[C@@H](C)O1. The van der Waals surface area contributed by atoms with E-state index in [0.29, 0.717) is 18.7 Å². The van der Waals surface area contributed by atoms with Gasteiger partial charge in [-0.15, -0.1) is 0 Å². The van der Waals surface area contributed by atoms with Crippen molar-refractivity contribution < 1.29 is 9.53 Å². The minimum absolute atomic E-state index is 0.0394. The van der Waals surface area contributed by atoms with Gasteiger partial charge >= 0.3 is 0 Å². The molecule has 0 unspecified atom stereocenters. The van der Waals surface area contributed by atoms with Crippen LogP contribution in [0.3, 0.4) is 0 Å². The van der Waals surface area contributed by atoms with Gasteiger partial charge in [0.05, 0.1) is 29.9 Å². The second-order valence-electron chi connectivity index (χ2n) is 6.73. The number of amides is 1. The highest BCUT2D eigenvalue weighted by molar-refractivity contribution is 5.95. The number of carbonyl (C=O) groups is 1. The highest BCUT2D eigenvalue weighted by Gasteiger charge is 2.27. The monoisotopic (exact) mass is 350 g/mol. The summed E-state index contributed by atoms with van der Waals surface area (Å²) in [4.78, 5) is 19.1. The number of benzene rings is 1. The summed E-state index contributed by atoms with van der Waals surface area (Å²) in [6.07, 6.45) is 9.46. The summed E-state index contributed by atoms with van der Waals surface area (Å²) in [6.45, 7) is 5.24. The van der Waals surface area contributed by atoms with Crippen molar-refractivity contribution in [3.63, 3.8) is 0 Å². The molecule has 4 rings (SSSR count). The van der Waals surface area contributed by atoms with Gasteiger partial charge in [-0.2, -0.15) is 0 Å². The molecule has 1 aliphatic heterocycles. The Hall–Kier alpha value is -2.86. The molecule has 6 nitrogen and oxygen atoms in total. The average molecular weight is 350 g/mol. The highest BCUT2D eigenvalue weighted by atomic mass is 16.5. The lowest BCUT2D eigenvalue weighted by Crippen LogP contribution is -2.48. The summed E-state index contributed by atoms with van der Waals surface area (Å²) in [5, 5.41) is 0. The summed E-state index contributed by atoms with van der Waals surface area (Å²) in [6, 6.07) is 9.74. The largest absolute Gasteiger partial charge is 0.372 e. The zero-order chi connectivity index (χ0) is 18.1. The van der Waals surface area contributed by atoms with E-state index < -0.39 is 0 Å². The first kappa shape index (κ1) is 16.6. The van der Waals surface area contributed by atoms with Crippen molar-refractivity contribution in [2.75, 3.05) is 13.1 Å². The third-order valence-corrected chi connectivity index (χ3v) is 4.59. The van der Waals surface area contributed by atoms with Crippen molar-refractivity contribution in [3.05, 3.63) is 67.0 Å². The fraction of sp³-hybridized carbons (Fsp3) is 0.300. The Kier molecular flexibility index (Phi) is 4.34. The van der Waals surface area contributed by atoms with Gasteiger partial charge in [-0.1, -0.05) is 0 Å². The van der Waals surface area contributed by atoms with E-state index in [-0.39, 0.29) is 18.1 Å². The molecular weight excluding hydrogens is 328 g/mol. The first-order valence-electron chi connectivity index (χ1n) is 8.82. The molecule has 134 valence electrons. The minimum atomic E-state index is 0.0394. The molecule has 1 saturated heterocycles. The Morgan fingerprint density at radius 3 is 2.42 bits per heavy atom. The van der Waals surface area contributed by atoms with Crippen LogP contribution in [0.1, 0.15) is 24.2 Å². The summed E-state index contributed by atoms with van der Waals surface area (Å²) in [5.41, 5.74) is 2.59. The third kappa shape index (κ3) is 3.15. The lowest BCUT2D eigenvalue weighted by molar-refractivity contribution is -0.0586. The number of rotatable bonds is 3. The zero-order valence-electron chi connectivity index (χ0n) is 14.9. The quantitative estimate of drug-likeness (QED) is 0.730. The number of aromatic nitrogens is 3. The van der Waals surface area contributed by atoms with Crippen molar-refractivity contribution in [3.8, 4) is 11.4 Å². The lowest BCUT2D eigenvalue weighted by Gasteiger charge is -2.35. The van der Waals surface area contributed by atoms with Crippen LogP contribution < -0.4 is 0 Å². The summed E-state index contributed by atoms with van der Waals surface area (Å²) in [7, 11) is 0. The van der Waals surface area contributed by atoms with Gasteiger partial charge in [0.2, 0.25) is 0 Å². The van der Waals surface area contributed by atoms with Crippen LogP contribution in [0.25, 0.3) is 11.4 Å². The molecule has 6 heteroatoms. The fourth-order valence-corrected chi connectivity index (χ4v) is 3.50. The van der Waals surface area contributed by atoms with Crippen LogP contribution in [0.15, 0.2) is 61.4 Å². The van der Waals surface area contributed by atoms with Crippen LogP contribution in [-0.4, -0.2) is 50.2 Å². The molecule has 2 atom stereocenters. The fourth-order valence-electron chi connectivity index (χ4n) is 3.50. The highest BCUT2D eigenvalue weighted by Crippen LogP contribution is 2.23. The topological polar surface area (TPSA) is 52.3 Å². The molecule has 0 radical (unpaired) electrons. The third-order valence-electron chi connectivity index (χ3n) is 4.59. The molecule has 0 spiro atoms. The van der Waals surface area contributed by atoms with E-state index in [1.807, 2.05) is 76.8 Å². The van der Waals surface area contributed by atoms with E-state index in [0.717, 1.165) is 11.4 Å². The van der Waals surface area contributed by atoms with Gasteiger partial charge in [-0.25, -0.2) is 4.98 Å². The first-order valence-corrected chi connectivity index (χ1v) is 8.82. The summed E-state index contributed by atoms with van der Waals surface area (Å²) in [5.74, 6) is 0.0394. The summed E-state index contributed by atoms with van der Waals surface area (Å²) < 4.78 is 9.70. The Bertz CT molecular complexity index is 877. The molecule has 3 heterocycles. The van der Waals surface area contributed by atoms with E-state index in [1.165, 1.54) is 0 Å². The Morgan fingerprint density at radius 2 is 1.77 bits per heavy atom. The smallest absolute Gasteiger partial charge is 0.254 e. The van der Waals surface area contributed by atoms with Crippen LogP contribution in [0.2, 0.25) is 0 Å². The maximum atomic E-state index is 13.1. The second kappa shape index (κ2) is 6.80. The number of hydrogen-bond acceptors (Lipinski definition) is 3. The number of ether oxygens (including phenoxy) is 1. The molecule has 0 N–H and O–H groups in total. The Balaban J connectivity index is 1.72. The predicted molar refractivity (Wildman–Crippen MR) is 98.8 cm³/mol. The Labute approximate surface area is 152 Å². The number of imidazole rings is 1. The van der Waals surface area contributed by atoms with E-state index in [1.54, 1.807) is 12.5 Å². The molecule has 3 aromatic rings. The van der Waals surface area contributed by atoms with Gasteiger partial charge in [0.25, 0.3) is 5.91 Å². The zero-order valence-corrected chi connectivity index (χ0v) is 14.9.